The highest BCUT2D eigenvalue weighted by Crippen LogP contribution is 2.13. The monoisotopic (exact) mass is 180 g/mol. The molecule has 0 saturated carbocycles. The molecule has 0 aliphatic heterocycles. The standard InChI is InChI=1S/C11H16O2/c1-3-8-13-11-6-4-10(5-7-11)9(2)12/h4-6,11H,3,7-8H2,1-2H3. The minimum absolute atomic E-state index is 0.130. The molecule has 0 heterocycles. The molecule has 1 aliphatic rings. The second kappa shape index (κ2) is 4.97. The Morgan fingerprint density at radius 2 is 2.46 bits per heavy atom. The molecule has 72 valence electrons. The largest absolute Gasteiger partial charge is 0.374 e. The number of carbonyl (C=O) groups excluding carboxylic acids is 1. The molecule has 1 aliphatic carbocycles. The normalized spacial score (nSPS) is 21.4. The molecule has 0 bridgehead atoms. The molecule has 0 fully saturated rings. The molecular formula is C11H16O2. The van der Waals surface area contributed by atoms with Gasteiger partial charge in [0.2, 0.25) is 0 Å². The molecule has 1 atom stereocenters. The van der Waals surface area contributed by atoms with Crippen LogP contribution >= 0.6 is 0 Å². The quantitative estimate of drug-likeness (QED) is 0.663. The highest BCUT2D eigenvalue weighted by molar-refractivity contribution is 5.96. The molecule has 0 amide bonds. The lowest BCUT2D eigenvalue weighted by Crippen LogP contribution is -2.13. The van der Waals surface area contributed by atoms with Crippen molar-refractivity contribution in [3.8, 4) is 0 Å². The van der Waals surface area contributed by atoms with Crippen molar-refractivity contribution in [1.82, 2.24) is 0 Å². The molecular weight excluding hydrogens is 164 g/mol. The molecule has 1 unspecified atom stereocenters. The third-order valence-electron chi connectivity index (χ3n) is 2.00. The predicted molar refractivity (Wildman–Crippen MR) is 52.6 cm³/mol. The Bertz CT molecular complexity index is 238. The van der Waals surface area contributed by atoms with E-state index in [1.54, 1.807) is 6.92 Å². The summed E-state index contributed by atoms with van der Waals surface area (Å²) >= 11 is 0. The van der Waals surface area contributed by atoms with E-state index in [0.717, 1.165) is 25.0 Å². The van der Waals surface area contributed by atoms with Gasteiger partial charge in [-0.3, -0.25) is 4.79 Å². The lowest BCUT2D eigenvalue weighted by atomic mass is 10.0. The van der Waals surface area contributed by atoms with Gasteiger partial charge in [-0.2, -0.15) is 0 Å². The van der Waals surface area contributed by atoms with Gasteiger partial charge >= 0.3 is 0 Å². The minimum atomic E-state index is 0.130. The smallest absolute Gasteiger partial charge is 0.159 e. The molecule has 0 N–H and O–H groups in total. The summed E-state index contributed by atoms with van der Waals surface area (Å²) < 4.78 is 5.52. The maximum absolute atomic E-state index is 11.0. The lowest BCUT2D eigenvalue weighted by molar-refractivity contribution is -0.113. The van der Waals surface area contributed by atoms with Crippen molar-refractivity contribution in [2.24, 2.45) is 0 Å². The second-order valence-electron chi connectivity index (χ2n) is 3.22. The fourth-order valence-corrected chi connectivity index (χ4v) is 1.25. The van der Waals surface area contributed by atoms with Crippen molar-refractivity contribution >= 4 is 5.78 Å². The first-order valence-electron chi connectivity index (χ1n) is 4.75. The van der Waals surface area contributed by atoms with E-state index in [2.05, 4.69) is 6.92 Å². The first-order valence-corrected chi connectivity index (χ1v) is 4.75. The van der Waals surface area contributed by atoms with Crippen molar-refractivity contribution in [3.63, 3.8) is 0 Å². The van der Waals surface area contributed by atoms with Crippen molar-refractivity contribution in [1.29, 1.82) is 0 Å². The van der Waals surface area contributed by atoms with Crippen molar-refractivity contribution < 1.29 is 9.53 Å². The van der Waals surface area contributed by atoms with Gasteiger partial charge in [0.1, 0.15) is 0 Å². The van der Waals surface area contributed by atoms with Crippen molar-refractivity contribution in [2.45, 2.75) is 32.8 Å². The van der Waals surface area contributed by atoms with E-state index in [1.807, 2.05) is 18.2 Å². The Morgan fingerprint density at radius 1 is 1.69 bits per heavy atom. The Kier molecular flexibility index (Phi) is 3.90. The molecule has 0 aromatic heterocycles. The van der Waals surface area contributed by atoms with Crippen LogP contribution in [0.15, 0.2) is 23.8 Å². The first-order chi connectivity index (χ1) is 6.24. The Morgan fingerprint density at radius 3 is 2.92 bits per heavy atom. The van der Waals surface area contributed by atoms with E-state index < -0.39 is 0 Å². The predicted octanol–water partition coefficient (Wildman–Crippen LogP) is 2.26. The third-order valence-corrected chi connectivity index (χ3v) is 2.00. The summed E-state index contributed by atoms with van der Waals surface area (Å²) in [5.41, 5.74) is 0.802. The SMILES string of the molecule is CCCOC1C=CC(C(C)=O)=CC1. The number of hydrogen-bond donors (Lipinski definition) is 0. The van der Waals surface area contributed by atoms with E-state index in [-0.39, 0.29) is 11.9 Å². The number of rotatable bonds is 4. The van der Waals surface area contributed by atoms with Gasteiger partial charge in [0, 0.05) is 12.2 Å². The van der Waals surface area contributed by atoms with Gasteiger partial charge in [0.25, 0.3) is 0 Å². The van der Waals surface area contributed by atoms with Gasteiger partial charge in [-0.15, -0.1) is 0 Å². The van der Waals surface area contributed by atoms with Crippen LogP contribution in [0.2, 0.25) is 0 Å². The number of allylic oxidation sites excluding steroid dienone is 2. The average molecular weight is 180 g/mol. The molecule has 2 nitrogen and oxygen atoms in total. The van der Waals surface area contributed by atoms with Crippen LogP contribution in [0, 0.1) is 0 Å². The Balaban J connectivity index is 2.39. The van der Waals surface area contributed by atoms with Gasteiger partial charge in [0.05, 0.1) is 6.10 Å². The van der Waals surface area contributed by atoms with E-state index in [1.165, 1.54) is 0 Å². The Labute approximate surface area is 79.3 Å². The Hall–Kier alpha value is -0.890. The molecule has 0 saturated heterocycles. The summed E-state index contributed by atoms with van der Waals surface area (Å²) in [4.78, 5) is 11.0. The van der Waals surface area contributed by atoms with Gasteiger partial charge in [0.15, 0.2) is 5.78 Å². The molecule has 0 aromatic carbocycles. The molecule has 0 aromatic rings. The highest BCUT2D eigenvalue weighted by Gasteiger charge is 2.10. The van der Waals surface area contributed by atoms with Crippen LogP contribution in [0.1, 0.15) is 26.7 Å². The topological polar surface area (TPSA) is 26.3 Å². The molecule has 13 heavy (non-hydrogen) atoms. The zero-order chi connectivity index (χ0) is 9.68. The zero-order valence-electron chi connectivity index (χ0n) is 8.25. The third kappa shape index (κ3) is 3.15. The summed E-state index contributed by atoms with van der Waals surface area (Å²) in [5, 5.41) is 0. The molecule has 2 heteroatoms. The van der Waals surface area contributed by atoms with Gasteiger partial charge in [-0.05, 0) is 19.8 Å². The van der Waals surface area contributed by atoms with Crippen LogP contribution in [0.4, 0.5) is 0 Å². The van der Waals surface area contributed by atoms with Crippen LogP contribution in [-0.2, 0) is 9.53 Å². The van der Waals surface area contributed by atoms with Crippen LogP contribution in [0.5, 0.6) is 0 Å². The molecule has 1 rings (SSSR count). The molecule has 0 radical (unpaired) electrons. The van der Waals surface area contributed by atoms with Crippen LogP contribution in [0.3, 0.4) is 0 Å². The lowest BCUT2D eigenvalue weighted by Gasteiger charge is -2.15. The average Bonchev–Trinajstić information content (AvgIpc) is 2.15. The van der Waals surface area contributed by atoms with E-state index in [0.29, 0.717) is 0 Å². The van der Waals surface area contributed by atoms with Crippen LogP contribution < -0.4 is 0 Å². The van der Waals surface area contributed by atoms with Crippen LogP contribution in [0.25, 0.3) is 0 Å². The van der Waals surface area contributed by atoms with Crippen LogP contribution in [-0.4, -0.2) is 18.5 Å². The number of carbonyl (C=O) groups is 1. The van der Waals surface area contributed by atoms with E-state index in [4.69, 9.17) is 4.74 Å². The summed E-state index contributed by atoms with van der Waals surface area (Å²) in [5.74, 6) is 0.130. The fourth-order valence-electron chi connectivity index (χ4n) is 1.25. The molecule has 0 spiro atoms. The maximum Gasteiger partial charge on any atom is 0.159 e. The minimum Gasteiger partial charge on any atom is -0.374 e. The highest BCUT2D eigenvalue weighted by atomic mass is 16.5. The summed E-state index contributed by atoms with van der Waals surface area (Å²) in [6, 6.07) is 0. The number of ketones is 1. The van der Waals surface area contributed by atoms with E-state index >= 15 is 0 Å². The summed E-state index contributed by atoms with van der Waals surface area (Å²) in [7, 11) is 0. The number of Topliss-reactive ketones (excluding diaryl/α,β-unsaturated/α-hetero) is 1. The first kappa shape index (κ1) is 10.2. The van der Waals surface area contributed by atoms with Gasteiger partial charge < -0.3 is 4.74 Å². The second-order valence-corrected chi connectivity index (χ2v) is 3.22. The number of hydrogen-bond acceptors (Lipinski definition) is 2. The number of ether oxygens (including phenoxy) is 1. The maximum atomic E-state index is 11.0. The van der Waals surface area contributed by atoms with Crippen molar-refractivity contribution in [2.75, 3.05) is 6.61 Å². The van der Waals surface area contributed by atoms with Gasteiger partial charge in [-0.25, -0.2) is 0 Å². The zero-order valence-corrected chi connectivity index (χ0v) is 8.25. The van der Waals surface area contributed by atoms with Crippen molar-refractivity contribution in [3.05, 3.63) is 23.8 Å². The summed E-state index contributed by atoms with van der Waals surface area (Å²) in [6.45, 7) is 4.46. The summed E-state index contributed by atoms with van der Waals surface area (Å²) in [6.07, 6.45) is 7.79. The van der Waals surface area contributed by atoms with E-state index in [9.17, 15) is 4.79 Å². The van der Waals surface area contributed by atoms with Gasteiger partial charge in [-0.1, -0.05) is 25.2 Å². The fraction of sp³-hybridized carbons (Fsp3) is 0.545.